The first-order valence-corrected chi connectivity index (χ1v) is 10.8. The number of anilines is 1. The minimum atomic E-state index is -1.09. The third kappa shape index (κ3) is 4.54. The lowest BCUT2D eigenvalue weighted by Crippen LogP contribution is -2.46. The summed E-state index contributed by atoms with van der Waals surface area (Å²) in [6.45, 7) is 1.34. The van der Waals surface area contributed by atoms with E-state index in [4.69, 9.17) is 4.74 Å². The summed E-state index contributed by atoms with van der Waals surface area (Å²) in [7, 11) is 0. The minimum Gasteiger partial charge on any atom is -0.454 e. The van der Waals surface area contributed by atoms with E-state index in [2.05, 4.69) is 5.32 Å². The molecule has 30 heavy (non-hydrogen) atoms. The van der Waals surface area contributed by atoms with Gasteiger partial charge in [-0.05, 0) is 49.1 Å². The van der Waals surface area contributed by atoms with Crippen LogP contribution in [0.4, 0.5) is 5.69 Å². The maximum atomic E-state index is 12.7. The van der Waals surface area contributed by atoms with Gasteiger partial charge in [-0.3, -0.25) is 19.3 Å². The normalized spacial score (nSPS) is 13.7. The summed E-state index contributed by atoms with van der Waals surface area (Å²) in [4.78, 5) is 51.4. The van der Waals surface area contributed by atoms with Crippen LogP contribution in [0, 0.1) is 6.92 Å². The Morgan fingerprint density at radius 2 is 1.63 bits per heavy atom. The van der Waals surface area contributed by atoms with Crippen LogP contribution in [0.1, 0.15) is 32.7 Å². The van der Waals surface area contributed by atoms with Crippen LogP contribution < -0.4 is 5.32 Å². The number of nitrogens with one attached hydrogen (secondary N) is 1. The van der Waals surface area contributed by atoms with E-state index in [0.29, 0.717) is 11.4 Å². The second-order valence-electron chi connectivity index (χ2n) is 6.79. The number of esters is 1. The Morgan fingerprint density at radius 3 is 2.23 bits per heavy atom. The number of fused-ring (bicyclic) bond motifs is 1. The van der Waals surface area contributed by atoms with Crippen molar-refractivity contribution in [3.8, 4) is 0 Å². The molecular weight excluding hydrogens is 404 g/mol. The second kappa shape index (κ2) is 9.58. The highest BCUT2D eigenvalue weighted by molar-refractivity contribution is 7.98. The van der Waals surface area contributed by atoms with Crippen LogP contribution in [0.25, 0.3) is 0 Å². The molecule has 3 rings (SSSR count). The number of carbonyl (C=O) groups is 4. The number of aryl methyl sites for hydroxylation is 1. The molecule has 1 atom stereocenters. The number of benzene rings is 2. The van der Waals surface area contributed by atoms with Crippen molar-refractivity contribution in [1.82, 2.24) is 4.90 Å². The third-order valence-electron chi connectivity index (χ3n) is 4.77. The molecule has 1 N–H and O–H groups in total. The van der Waals surface area contributed by atoms with Gasteiger partial charge in [0.15, 0.2) is 6.61 Å². The maximum Gasteiger partial charge on any atom is 0.329 e. The van der Waals surface area contributed by atoms with Crippen molar-refractivity contribution in [1.29, 1.82) is 0 Å². The lowest BCUT2D eigenvalue weighted by Gasteiger charge is -2.24. The average Bonchev–Trinajstić information content (AvgIpc) is 2.99. The molecule has 1 aliphatic rings. The van der Waals surface area contributed by atoms with Crippen molar-refractivity contribution in [3.05, 3.63) is 65.2 Å². The number of hydrogen-bond acceptors (Lipinski definition) is 6. The minimum absolute atomic E-state index is 0.241. The lowest BCUT2D eigenvalue weighted by atomic mass is 10.1. The van der Waals surface area contributed by atoms with Crippen molar-refractivity contribution in [2.24, 2.45) is 0 Å². The van der Waals surface area contributed by atoms with Crippen LogP contribution in [0.2, 0.25) is 0 Å². The first kappa shape index (κ1) is 21.6. The van der Waals surface area contributed by atoms with Crippen molar-refractivity contribution in [3.63, 3.8) is 0 Å². The van der Waals surface area contributed by atoms with Crippen molar-refractivity contribution in [2.45, 2.75) is 19.4 Å². The molecule has 1 unspecified atom stereocenters. The Morgan fingerprint density at radius 1 is 1.03 bits per heavy atom. The van der Waals surface area contributed by atoms with Crippen LogP contribution in [0.15, 0.2) is 48.5 Å². The number of hydrogen-bond donors (Lipinski definition) is 1. The first-order valence-electron chi connectivity index (χ1n) is 9.42. The molecular formula is C22H22N2O5S. The number of carbonyl (C=O) groups excluding carboxylic acids is 4. The maximum absolute atomic E-state index is 12.7. The summed E-state index contributed by atoms with van der Waals surface area (Å²) in [5.41, 5.74) is 2.03. The molecule has 1 heterocycles. The summed E-state index contributed by atoms with van der Waals surface area (Å²) in [5.74, 6) is -1.78. The Kier molecular flexibility index (Phi) is 6.89. The summed E-state index contributed by atoms with van der Waals surface area (Å²) >= 11 is 1.48. The standard InChI is InChI=1S/C22H22N2O5S/c1-14-7-3-6-10-17(14)23-19(25)13-29-22(28)18(11-12-30-2)24-20(26)15-8-4-5-9-16(15)21(24)27/h3-10,18H,11-13H2,1-2H3,(H,23,25). The van der Waals surface area contributed by atoms with Gasteiger partial charge in [-0.2, -0.15) is 11.8 Å². The monoisotopic (exact) mass is 426 g/mol. The Balaban J connectivity index is 1.69. The highest BCUT2D eigenvalue weighted by atomic mass is 32.2. The second-order valence-corrected chi connectivity index (χ2v) is 7.78. The van der Waals surface area contributed by atoms with E-state index in [1.165, 1.54) is 11.8 Å². The fourth-order valence-electron chi connectivity index (χ4n) is 3.21. The summed E-state index contributed by atoms with van der Waals surface area (Å²) in [5, 5.41) is 2.68. The van der Waals surface area contributed by atoms with E-state index in [1.54, 1.807) is 36.4 Å². The molecule has 0 aromatic heterocycles. The van der Waals surface area contributed by atoms with Crippen LogP contribution in [0.5, 0.6) is 0 Å². The van der Waals surface area contributed by atoms with Gasteiger partial charge in [0.05, 0.1) is 11.1 Å². The highest BCUT2D eigenvalue weighted by Crippen LogP contribution is 2.26. The summed E-state index contributed by atoms with van der Waals surface area (Å²) in [6.07, 6.45) is 2.10. The van der Waals surface area contributed by atoms with Gasteiger partial charge in [-0.1, -0.05) is 30.3 Å². The number of ether oxygens (including phenoxy) is 1. The van der Waals surface area contributed by atoms with Crippen LogP contribution in [-0.2, 0) is 14.3 Å². The van der Waals surface area contributed by atoms with E-state index in [9.17, 15) is 19.2 Å². The zero-order valence-electron chi connectivity index (χ0n) is 16.7. The molecule has 1 aliphatic heterocycles. The number of rotatable bonds is 8. The zero-order valence-corrected chi connectivity index (χ0v) is 17.5. The predicted octanol–water partition coefficient (Wildman–Crippen LogP) is 2.89. The first-order chi connectivity index (χ1) is 14.4. The Bertz CT molecular complexity index is 956. The number of thioether (sulfide) groups is 1. The van der Waals surface area contributed by atoms with Gasteiger partial charge >= 0.3 is 5.97 Å². The van der Waals surface area contributed by atoms with E-state index >= 15 is 0 Å². The molecule has 8 heteroatoms. The Labute approximate surface area is 178 Å². The molecule has 2 aromatic carbocycles. The van der Waals surface area contributed by atoms with Gasteiger partial charge in [0.1, 0.15) is 6.04 Å². The van der Waals surface area contributed by atoms with Gasteiger partial charge in [-0.25, -0.2) is 4.79 Å². The van der Waals surface area contributed by atoms with Gasteiger partial charge in [0.2, 0.25) is 0 Å². The zero-order chi connectivity index (χ0) is 21.7. The molecule has 0 bridgehead atoms. The molecule has 156 valence electrons. The van der Waals surface area contributed by atoms with Gasteiger partial charge in [-0.15, -0.1) is 0 Å². The SMILES string of the molecule is CSCCC(C(=O)OCC(=O)Nc1ccccc1C)N1C(=O)c2ccccc2C1=O. The molecule has 3 amide bonds. The molecule has 0 radical (unpaired) electrons. The quantitative estimate of drug-likeness (QED) is 0.515. The number of nitrogens with zero attached hydrogens (tertiary/aromatic N) is 1. The van der Waals surface area contributed by atoms with Crippen LogP contribution >= 0.6 is 11.8 Å². The van der Waals surface area contributed by atoms with E-state index in [1.807, 2.05) is 25.3 Å². The van der Waals surface area contributed by atoms with Crippen LogP contribution in [-0.4, -0.2) is 53.2 Å². The molecule has 0 aliphatic carbocycles. The van der Waals surface area contributed by atoms with E-state index < -0.39 is 36.3 Å². The number of amides is 3. The molecule has 0 saturated carbocycles. The van der Waals surface area contributed by atoms with Gasteiger partial charge in [0.25, 0.3) is 17.7 Å². The predicted molar refractivity (Wildman–Crippen MR) is 114 cm³/mol. The van der Waals surface area contributed by atoms with Gasteiger partial charge in [0, 0.05) is 5.69 Å². The molecule has 0 spiro atoms. The van der Waals surface area contributed by atoms with Gasteiger partial charge < -0.3 is 10.1 Å². The third-order valence-corrected chi connectivity index (χ3v) is 5.41. The molecule has 0 fully saturated rings. The molecule has 2 aromatic rings. The van der Waals surface area contributed by atoms with Crippen molar-refractivity contribution in [2.75, 3.05) is 23.9 Å². The molecule has 0 saturated heterocycles. The van der Waals surface area contributed by atoms with Crippen LogP contribution in [0.3, 0.4) is 0 Å². The average molecular weight is 426 g/mol. The fraction of sp³-hybridized carbons (Fsp3) is 0.273. The molecule has 7 nitrogen and oxygen atoms in total. The van der Waals surface area contributed by atoms with Crippen molar-refractivity contribution < 1.29 is 23.9 Å². The topological polar surface area (TPSA) is 92.8 Å². The highest BCUT2D eigenvalue weighted by Gasteiger charge is 2.43. The fourth-order valence-corrected chi connectivity index (χ4v) is 3.66. The smallest absolute Gasteiger partial charge is 0.329 e. The summed E-state index contributed by atoms with van der Waals surface area (Å²) < 4.78 is 5.18. The largest absolute Gasteiger partial charge is 0.454 e. The van der Waals surface area contributed by atoms with Crippen molar-refractivity contribution >= 4 is 41.1 Å². The lowest BCUT2D eigenvalue weighted by molar-refractivity contribution is -0.151. The van der Waals surface area contributed by atoms with E-state index in [0.717, 1.165) is 10.5 Å². The summed E-state index contributed by atoms with van der Waals surface area (Å²) in [6, 6.07) is 12.6. The number of para-hydroxylation sites is 1. The Hall–Kier alpha value is -3.13. The van der Waals surface area contributed by atoms with E-state index in [-0.39, 0.29) is 17.5 Å². The number of imide groups is 1.